The van der Waals surface area contributed by atoms with Crippen LogP contribution in [-0.2, 0) is 16.0 Å². The lowest BCUT2D eigenvalue weighted by molar-refractivity contribution is -0.143. The van der Waals surface area contributed by atoms with Crippen LogP contribution in [-0.4, -0.2) is 28.0 Å². The van der Waals surface area contributed by atoms with Crippen molar-refractivity contribution in [1.29, 1.82) is 0 Å². The van der Waals surface area contributed by atoms with Crippen LogP contribution in [0.3, 0.4) is 0 Å². The highest BCUT2D eigenvalue weighted by Gasteiger charge is 2.23. The fourth-order valence-corrected chi connectivity index (χ4v) is 2.59. The lowest BCUT2D eigenvalue weighted by Crippen LogP contribution is -2.44. The van der Waals surface area contributed by atoms with Crippen LogP contribution < -0.4 is 5.32 Å². The fourth-order valence-electron chi connectivity index (χ4n) is 1.80. The molecule has 7 heteroatoms. The Morgan fingerprint density at radius 3 is 2.81 bits per heavy atom. The summed E-state index contributed by atoms with van der Waals surface area (Å²) in [5.41, 5.74) is 0.594. The summed E-state index contributed by atoms with van der Waals surface area (Å²) in [6.45, 7) is 3.49. The quantitative estimate of drug-likeness (QED) is 0.853. The number of rotatable bonds is 6. The third kappa shape index (κ3) is 3.91. The smallest absolute Gasteiger partial charge is 0.326 e. The molecule has 0 aliphatic carbocycles. The SMILES string of the molecule is CC(C)C(NC(=O)Cc1csc(-c2ccco2)n1)C(=O)O. The monoisotopic (exact) mass is 308 g/mol. The van der Waals surface area contributed by atoms with Crippen LogP contribution in [0.4, 0.5) is 0 Å². The van der Waals surface area contributed by atoms with Gasteiger partial charge in [0.25, 0.3) is 0 Å². The number of hydrogen-bond acceptors (Lipinski definition) is 5. The van der Waals surface area contributed by atoms with Gasteiger partial charge in [0.2, 0.25) is 5.91 Å². The van der Waals surface area contributed by atoms with Crippen LogP contribution in [0.1, 0.15) is 19.5 Å². The molecule has 0 saturated heterocycles. The topological polar surface area (TPSA) is 92.4 Å². The van der Waals surface area contributed by atoms with Gasteiger partial charge in [0.1, 0.15) is 6.04 Å². The minimum Gasteiger partial charge on any atom is -0.480 e. The van der Waals surface area contributed by atoms with E-state index in [0.717, 1.165) is 0 Å². The van der Waals surface area contributed by atoms with Gasteiger partial charge < -0.3 is 14.8 Å². The molecule has 0 spiro atoms. The van der Waals surface area contributed by atoms with Crippen molar-refractivity contribution in [2.45, 2.75) is 26.3 Å². The maximum absolute atomic E-state index is 11.9. The molecule has 0 bridgehead atoms. The summed E-state index contributed by atoms with van der Waals surface area (Å²) in [7, 11) is 0. The first-order valence-electron chi connectivity index (χ1n) is 6.48. The maximum atomic E-state index is 11.9. The Balaban J connectivity index is 1.98. The van der Waals surface area contributed by atoms with Crippen LogP contribution in [0, 0.1) is 5.92 Å². The number of nitrogens with one attached hydrogen (secondary N) is 1. The highest BCUT2D eigenvalue weighted by atomic mass is 32.1. The van der Waals surface area contributed by atoms with Crippen molar-refractivity contribution in [3.05, 3.63) is 29.5 Å². The van der Waals surface area contributed by atoms with Gasteiger partial charge in [-0.25, -0.2) is 9.78 Å². The van der Waals surface area contributed by atoms with E-state index in [2.05, 4.69) is 10.3 Å². The molecule has 6 nitrogen and oxygen atoms in total. The first-order valence-corrected chi connectivity index (χ1v) is 7.35. The second-order valence-corrected chi connectivity index (χ2v) is 5.78. The Labute approximate surface area is 125 Å². The van der Waals surface area contributed by atoms with Gasteiger partial charge in [0.05, 0.1) is 18.4 Å². The molecular formula is C14H16N2O4S. The molecule has 2 N–H and O–H groups in total. The number of carbonyl (C=O) groups excluding carboxylic acids is 1. The fraction of sp³-hybridized carbons (Fsp3) is 0.357. The van der Waals surface area contributed by atoms with Crippen molar-refractivity contribution in [1.82, 2.24) is 10.3 Å². The molecule has 0 aromatic carbocycles. The molecule has 0 radical (unpaired) electrons. The van der Waals surface area contributed by atoms with Gasteiger partial charge >= 0.3 is 5.97 Å². The lowest BCUT2D eigenvalue weighted by atomic mass is 10.0. The number of carboxylic acids is 1. The second-order valence-electron chi connectivity index (χ2n) is 4.93. The highest BCUT2D eigenvalue weighted by molar-refractivity contribution is 7.13. The highest BCUT2D eigenvalue weighted by Crippen LogP contribution is 2.24. The van der Waals surface area contributed by atoms with E-state index < -0.39 is 12.0 Å². The molecule has 112 valence electrons. The van der Waals surface area contributed by atoms with Gasteiger partial charge in [-0.15, -0.1) is 11.3 Å². The first-order chi connectivity index (χ1) is 9.97. The lowest BCUT2D eigenvalue weighted by Gasteiger charge is -2.17. The number of nitrogens with zero attached hydrogens (tertiary/aromatic N) is 1. The van der Waals surface area contributed by atoms with E-state index in [-0.39, 0.29) is 18.2 Å². The molecule has 1 atom stereocenters. The summed E-state index contributed by atoms with van der Waals surface area (Å²) in [5.74, 6) is -0.918. The number of thiazole rings is 1. The Bertz CT molecular complexity index is 619. The predicted molar refractivity (Wildman–Crippen MR) is 77.9 cm³/mol. The average molecular weight is 308 g/mol. The van der Waals surface area contributed by atoms with Crippen LogP contribution in [0.25, 0.3) is 10.8 Å². The standard InChI is InChI=1S/C14H16N2O4S/c1-8(2)12(14(18)19)16-11(17)6-9-7-21-13(15-9)10-4-3-5-20-10/h3-5,7-8,12H,6H2,1-2H3,(H,16,17)(H,18,19). The minimum absolute atomic E-state index is 0.0493. The van der Waals surface area contributed by atoms with E-state index in [4.69, 9.17) is 9.52 Å². The van der Waals surface area contributed by atoms with E-state index in [1.54, 1.807) is 37.6 Å². The van der Waals surface area contributed by atoms with E-state index >= 15 is 0 Å². The largest absolute Gasteiger partial charge is 0.480 e. The molecule has 21 heavy (non-hydrogen) atoms. The number of carbonyl (C=O) groups is 2. The van der Waals surface area contributed by atoms with Gasteiger partial charge in [-0.1, -0.05) is 13.8 Å². The number of hydrogen-bond donors (Lipinski definition) is 2. The summed E-state index contributed by atoms with van der Waals surface area (Å²) in [6.07, 6.45) is 1.61. The first kappa shape index (κ1) is 15.2. The Kier molecular flexibility index (Phi) is 4.74. The molecule has 2 heterocycles. The zero-order chi connectivity index (χ0) is 15.4. The van der Waals surface area contributed by atoms with Crippen molar-refractivity contribution in [2.75, 3.05) is 0 Å². The molecule has 0 saturated carbocycles. The van der Waals surface area contributed by atoms with Gasteiger partial charge in [-0.05, 0) is 18.1 Å². The Morgan fingerprint density at radius 2 is 2.24 bits per heavy atom. The number of aliphatic carboxylic acids is 1. The summed E-state index contributed by atoms with van der Waals surface area (Å²) < 4.78 is 5.23. The van der Waals surface area contributed by atoms with E-state index in [9.17, 15) is 9.59 Å². The molecule has 1 amide bonds. The van der Waals surface area contributed by atoms with Crippen LogP contribution in [0.5, 0.6) is 0 Å². The van der Waals surface area contributed by atoms with Crippen molar-refractivity contribution < 1.29 is 19.1 Å². The molecule has 2 aromatic rings. The average Bonchev–Trinajstić information content (AvgIpc) is 3.05. The maximum Gasteiger partial charge on any atom is 0.326 e. The molecule has 0 aliphatic rings. The van der Waals surface area contributed by atoms with Gasteiger partial charge in [-0.2, -0.15) is 0 Å². The van der Waals surface area contributed by atoms with Crippen molar-refractivity contribution in [2.24, 2.45) is 5.92 Å². The zero-order valence-electron chi connectivity index (χ0n) is 11.7. The van der Waals surface area contributed by atoms with Crippen molar-refractivity contribution >= 4 is 23.2 Å². The van der Waals surface area contributed by atoms with E-state index in [1.807, 2.05) is 0 Å². The normalized spacial score (nSPS) is 12.3. The van der Waals surface area contributed by atoms with Gasteiger partial charge in [0, 0.05) is 5.38 Å². The minimum atomic E-state index is -1.03. The Morgan fingerprint density at radius 1 is 1.48 bits per heavy atom. The van der Waals surface area contributed by atoms with Crippen LogP contribution >= 0.6 is 11.3 Å². The molecule has 2 aromatic heterocycles. The van der Waals surface area contributed by atoms with Gasteiger partial charge in [0.15, 0.2) is 10.8 Å². The summed E-state index contributed by atoms with van der Waals surface area (Å²) in [4.78, 5) is 27.2. The number of aromatic nitrogens is 1. The predicted octanol–water partition coefficient (Wildman–Crippen LogP) is 2.17. The second kappa shape index (κ2) is 6.53. The van der Waals surface area contributed by atoms with E-state index in [1.165, 1.54) is 11.3 Å². The van der Waals surface area contributed by atoms with Crippen LogP contribution in [0.15, 0.2) is 28.2 Å². The number of amides is 1. The summed E-state index contributed by atoms with van der Waals surface area (Å²) in [6, 6.07) is 2.67. The molecular weight excluding hydrogens is 292 g/mol. The third-order valence-corrected chi connectivity index (χ3v) is 3.78. The molecule has 1 unspecified atom stereocenters. The third-order valence-electron chi connectivity index (χ3n) is 2.87. The molecule has 2 rings (SSSR count). The summed E-state index contributed by atoms with van der Waals surface area (Å²) in [5, 5.41) is 14.0. The summed E-state index contributed by atoms with van der Waals surface area (Å²) >= 11 is 1.38. The van der Waals surface area contributed by atoms with E-state index in [0.29, 0.717) is 16.5 Å². The van der Waals surface area contributed by atoms with Gasteiger partial charge in [-0.3, -0.25) is 4.79 Å². The van der Waals surface area contributed by atoms with Crippen molar-refractivity contribution in [3.8, 4) is 10.8 Å². The number of carboxylic acid groups (broad SMARTS) is 1. The zero-order valence-corrected chi connectivity index (χ0v) is 12.5. The van der Waals surface area contributed by atoms with Crippen molar-refractivity contribution in [3.63, 3.8) is 0 Å². The molecule has 0 fully saturated rings. The Hall–Kier alpha value is -2.15. The molecule has 0 aliphatic heterocycles. The number of furan rings is 1. The van der Waals surface area contributed by atoms with Crippen LogP contribution in [0.2, 0.25) is 0 Å².